The second-order valence-electron chi connectivity index (χ2n) is 4.95. The molecule has 0 saturated carbocycles. The SMILES string of the molecule is O=C(NCc1cccc([N+](=O)[O-])c1)NCc1ccccc1OC(F)F. The van der Waals surface area contributed by atoms with Gasteiger partial charge in [0, 0.05) is 30.8 Å². The first-order chi connectivity index (χ1) is 12.0. The van der Waals surface area contributed by atoms with Crippen LogP contribution in [0, 0.1) is 10.1 Å². The predicted molar refractivity (Wildman–Crippen MR) is 85.2 cm³/mol. The number of nitrogens with one attached hydrogen (secondary N) is 2. The lowest BCUT2D eigenvalue weighted by molar-refractivity contribution is -0.384. The number of hydrogen-bond acceptors (Lipinski definition) is 4. The van der Waals surface area contributed by atoms with Gasteiger partial charge in [0.25, 0.3) is 5.69 Å². The number of nitro benzene ring substituents is 1. The van der Waals surface area contributed by atoms with Gasteiger partial charge in [-0.3, -0.25) is 10.1 Å². The van der Waals surface area contributed by atoms with E-state index in [2.05, 4.69) is 15.4 Å². The molecule has 2 amide bonds. The quantitative estimate of drug-likeness (QED) is 0.592. The van der Waals surface area contributed by atoms with Crippen molar-refractivity contribution in [3.05, 3.63) is 69.8 Å². The Balaban J connectivity index is 1.87. The zero-order chi connectivity index (χ0) is 18.2. The second-order valence-corrected chi connectivity index (χ2v) is 4.95. The number of nitro groups is 1. The Morgan fingerprint density at radius 1 is 1.12 bits per heavy atom. The molecule has 0 aromatic heterocycles. The van der Waals surface area contributed by atoms with Gasteiger partial charge in [0.2, 0.25) is 0 Å². The van der Waals surface area contributed by atoms with Crippen molar-refractivity contribution in [2.45, 2.75) is 19.7 Å². The van der Waals surface area contributed by atoms with Crippen LogP contribution in [0.1, 0.15) is 11.1 Å². The van der Waals surface area contributed by atoms with Crippen molar-refractivity contribution in [1.82, 2.24) is 10.6 Å². The smallest absolute Gasteiger partial charge is 0.387 e. The van der Waals surface area contributed by atoms with Crippen LogP contribution < -0.4 is 15.4 Å². The normalized spacial score (nSPS) is 10.4. The van der Waals surface area contributed by atoms with Gasteiger partial charge in [-0.2, -0.15) is 8.78 Å². The molecule has 0 heterocycles. The Morgan fingerprint density at radius 2 is 1.84 bits per heavy atom. The van der Waals surface area contributed by atoms with E-state index in [-0.39, 0.29) is 24.5 Å². The molecule has 2 rings (SSSR count). The first-order valence-corrected chi connectivity index (χ1v) is 7.23. The highest BCUT2D eigenvalue weighted by Gasteiger charge is 2.10. The van der Waals surface area contributed by atoms with Crippen LogP contribution in [-0.4, -0.2) is 17.6 Å². The van der Waals surface area contributed by atoms with Crippen molar-refractivity contribution in [2.75, 3.05) is 0 Å². The lowest BCUT2D eigenvalue weighted by atomic mass is 10.2. The number of alkyl halides is 2. The summed E-state index contributed by atoms with van der Waals surface area (Å²) in [4.78, 5) is 22.0. The van der Waals surface area contributed by atoms with Crippen LogP contribution in [-0.2, 0) is 13.1 Å². The third-order valence-corrected chi connectivity index (χ3v) is 3.20. The van der Waals surface area contributed by atoms with Crippen LogP contribution in [0.4, 0.5) is 19.3 Å². The first-order valence-electron chi connectivity index (χ1n) is 7.23. The fraction of sp³-hybridized carbons (Fsp3) is 0.188. The van der Waals surface area contributed by atoms with Gasteiger partial charge in [-0.05, 0) is 11.6 Å². The van der Waals surface area contributed by atoms with E-state index in [1.165, 1.54) is 24.3 Å². The van der Waals surface area contributed by atoms with E-state index in [1.54, 1.807) is 24.3 Å². The Kier molecular flexibility index (Phi) is 6.21. The number of urea groups is 1. The summed E-state index contributed by atoms with van der Waals surface area (Å²) in [7, 11) is 0. The molecule has 2 N–H and O–H groups in total. The molecule has 0 bridgehead atoms. The van der Waals surface area contributed by atoms with E-state index < -0.39 is 17.6 Å². The third kappa shape index (κ3) is 5.72. The molecular formula is C16H15F2N3O4. The Hall–Kier alpha value is -3.23. The lowest BCUT2D eigenvalue weighted by Crippen LogP contribution is -2.34. The number of ether oxygens (including phenoxy) is 1. The second kappa shape index (κ2) is 8.57. The molecule has 2 aromatic carbocycles. The van der Waals surface area contributed by atoms with E-state index in [9.17, 15) is 23.7 Å². The average Bonchev–Trinajstić information content (AvgIpc) is 2.59. The Bertz CT molecular complexity index is 756. The maximum atomic E-state index is 12.3. The molecule has 0 aliphatic rings. The summed E-state index contributed by atoms with van der Waals surface area (Å²) in [5.41, 5.74) is 0.886. The summed E-state index contributed by atoms with van der Waals surface area (Å²) >= 11 is 0. The minimum Gasteiger partial charge on any atom is -0.434 e. The fourth-order valence-electron chi connectivity index (χ4n) is 2.06. The molecule has 0 fully saturated rings. The van der Waals surface area contributed by atoms with Gasteiger partial charge in [0.1, 0.15) is 5.75 Å². The van der Waals surface area contributed by atoms with Crippen molar-refractivity contribution in [2.24, 2.45) is 0 Å². The number of halogens is 2. The summed E-state index contributed by atoms with van der Waals surface area (Å²) in [5, 5.41) is 15.7. The number of carbonyl (C=O) groups excluding carboxylic acids is 1. The molecule has 7 nitrogen and oxygen atoms in total. The largest absolute Gasteiger partial charge is 0.434 e. The molecular weight excluding hydrogens is 336 g/mol. The van der Waals surface area contributed by atoms with Gasteiger partial charge < -0.3 is 15.4 Å². The number of hydrogen-bond donors (Lipinski definition) is 2. The number of para-hydroxylation sites is 1. The summed E-state index contributed by atoms with van der Waals surface area (Å²) < 4.78 is 29.0. The van der Waals surface area contributed by atoms with Crippen LogP contribution in [0.5, 0.6) is 5.75 Å². The molecule has 0 aliphatic heterocycles. The van der Waals surface area contributed by atoms with Crippen LogP contribution >= 0.6 is 0 Å². The highest BCUT2D eigenvalue weighted by Crippen LogP contribution is 2.19. The average molecular weight is 351 g/mol. The topological polar surface area (TPSA) is 93.5 Å². The number of benzene rings is 2. The number of carbonyl (C=O) groups is 1. The van der Waals surface area contributed by atoms with Crippen molar-refractivity contribution < 1.29 is 23.2 Å². The minimum atomic E-state index is -2.95. The first kappa shape index (κ1) is 18.1. The van der Waals surface area contributed by atoms with Crippen molar-refractivity contribution >= 4 is 11.7 Å². The number of amides is 2. The summed E-state index contributed by atoms with van der Waals surface area (Å²) in [6.45, 7) is -2.88. The number of non-ortho nitro benzene ring substituents is 1. The maximum absolute atomic E-state index is 12.3. The molecule has 0 radical (unpaired) electrons. The van der Waals surface area contributed by atoms with Gasteiger partial charge in [-0.25, -0.2) is 4.79 Å². The van der Waals surface area contributed by atoms with Crippen LogP contribution in [0.15, 0.2) is 48.5 Å². The summed E-state index contributed by atoms with van der Waals surface area (Å²) in [6, 6.07) is 11.4. The van der Waals surface area contributed by atoms with Gasteiger partial charge in [0.15, 0.2) is 0 Å². The highest BCUT2D eigenvalue weighted by molar-refractivity contribution is 5.73. The van der Waals surface area contributed by atoms with Gasteiger partial charge in [-0.1, -0.05) is 30.3 Å². The van der Waals surface area contributed by atoms with Crippen molar-refractivity contribution in [3.8, 4) is 5.75 Å². The van der Waals surface area contributed by atoms with Gasteiger partial charge in [-0.15, -0.1) is 0 Å². The van der Waals surface area contributed by atoms with E-state index in [1.807, 2.05) is 0 Å². The molecule has 0 spiro atoms. The van der Waals surface area contributed by atoms with E-state index in [0.29, 0.717) is 11.1 Å². The van der Waals surface area contributed by atoms with Crippen molar-refractivity contribution in [1.29, 1.82) is 0 Å². The Labute approximate surface area is 141 Å². The van der Waals surface area contributed by atoms with E-state index in [0.717, 1.165) is 0 Å². The molecule has 0 aliphatic carbocycles. The number of rotatable bonds is 7. The Morgan fingerprint density at radius 3 is 2.56 bits per heavy atom. The zero-order valence-corrected chi connectivity index (χ0v) is 12.9. The molecule has 0 atom stereocenters. The highest BCUT2D eigenvalue weighted by atomic mass is 19.3. The minimum absolute atomic E-state index is 0.0103. The van der Waals surface area contributed by atoms with E-state index in [4.69, 9.17) is 0 Å². The van der Waals surface area contributed by atoms with Crippen molar-refractivity contribution in [3.63, 3.8) is 0 Å². The van der Waals surface area contributed by atoms with Gasteiger partial charge in [0.05, 0.1) is 4.92 Å². The summed E-state index contributed by atoms with van der Waals surface area (Å²) in [6.07, 6.45) is 0. The summed E-state index contributed by atoms with van der Waals surface area (Å²) in [5.74, 6) is -0.0171. The predicted octanol–water partition coefficient (Wildman–Crippen LogP) is 3.20. The maximum Gasteiger partial charge on any atom is 0.387 e. The van der Waals surface area contributed by atoms with Crippen LogP contribution in [0.2, 0.25) is 0 Å². The lowest BCUT2D eigenvalue weighted by Gasteiger charge is -2.12. The molecule has 0 saturated heterocycles. The monoisotopic (exact) mass is 351 g/mol. The standard InChI is InChI=1S/C16H15F2N3O4/c17-15(18)25-14-7-2-1-5-12(14)10-20-16(22)19-9-11-4-3-6-13(8-11)21(23)24/h1-8,15H,9-10H2,(H2,19,20,22). The zero-order valence-electron chi connectivity index (χ0n) is 12.9. The molecule has 2 aromatic rings. The fourth-order valence-corrected chi connectivity index (χ4v) is 2.06. The molecule has 132 valence electrons. The third-order valence-electron chi connectivity index (χ3n) is 3.20. The number of nitrogens with zero attached hydrogens (tertiary/aromatic N) is 1. The molecule has 0 unspecified atom stereocenters. The van der Waals surface area contributed by atoms with E-state index >= 15 is 0 Å². The van der Waals surface area contributed by atoms with Gasteiger partial charge >= 0.3 is 12.6 Å². The molecule has 25 heavy (non-hydrogen) atoms. The molecule has 9 heteroatoms. The van der Waals surface area contributed by atoms with Crippen LogP contribution in [0.25, 0.3) is 0 Å². The van der Waals surface area contributed by atoms with Crippen LogP contribution in [0.3, 0.4) is 0 Å².